The van der Waals surface area contributed by atoms with Gasteiger partial charge in [-0.05, 0) is 6.42 Å². The Kier molecular flexibility index (Phi) is 4.89. The third kappa shape index (κ3) is 2.72. The second kappa shape index (κ2) is 5.99. The lowest BCUT2D eigenvalue weighted by Crippen LogP contribution is -2.30. The second-order valence-electron chi connectivity index (χ2n) is 3.81. The topological polar surface area (TPSA) is 38.0 Å². The quantitative estimate of drug-likeness (QED) is 0.489. The van der Waals surface area contributed by atoms with Gasteiger partial charge in [0.1, 0.15) is 5.69 Å². The maximum Gasteiger partial charge on any atom is 0.200 e. The molecule has 0 fully saturated rings. The minimum Gasteiger partial charge on any atom is -0.376 e. The van der Waals surface area contributed by atoms with Crippen molar-refractivity contribution in [1.29, 1.82) is 0 Å². The van der Waals surface area contributed by atoms with Gasteiger partial charge in [-0.3, -0.25) is 0 Å². The first-order chi connectivity index (χ1) is 8.43. The van der Waals surface area contributed by atoms with Crippen LogP contribution in [-0.4, -0.2) is 12.6 Å². The Labute approximate surface area is 101 Å². The SMILES string of the molecule is CCCC(CN)Nc1c(F)c(F)c(F)c(F)c1F. The predicted octanol–water partition coefficient (Wildman–Crippen LogP) is 2.92. The summed E-state index contributed by atoms with van der Waals surface area (Å²) in [7, 11) is 0. The fourth-order valence-corrected chi connectivity index (χ4v) is 1.53. The van der Waals surface area contributed by atoms with E-state index in [1.165, 1.54) is 0 Å². The van der Waals surface area contributed by atoms with E-state index < -0.39 is 40.8 Å². The lowest BCUT2D eigenvalue weighted by Gasteiger charge is -2.18. The molecule has 0 aliphatic carbocycles. The van der Waals surface area contributed by atoms with E-state index in [0.29, 0.717) is 12.8 Å². The summed E-state index contributed by atoms with van der Waals surface area (Å²) in [5, 5.41) is 2.25. The van der Waals surface area contributed by atoms with Crippen LogP contribution in [0.1, 0.15) is 19.8 Å². The normalized spacial score (nSPS) is 12.6. The van der Waals surface area contributed by atoms with Gasteiger partial charge in [0.15, 0.2) is 23.3 Å². The molecule has 0 spiro atoms. The highest BCUT2D eigenvalue weighted by atomic mass is 19.2. The highest BCUT2D eigenvalue weighted by molar-refractivity contribution is 5.48. The maximum absolute atomic E-state index is 13.3. The first-order valence-electron chi connectivity index (χ1n) is 5.42. The molecule has 0 saturated carbocycles. The largest absolute Gasteiger partial charge is 0.376 e. The summed E-state index contributed by atoms with van der Waals surface area (Å²) in [6.45, 7) is 1.83. The monoisotopic (exact) mass is 268 g/mol. The molecule has 1 atom stereocenters. The van der Waals surface area contributed by atoms with Crippen LogP contribution in [0.3, 0.4) is 0 Å². The van der Waals surface area contributed by atoms with E-state index in [1.807, 2.05) is 6.92 Å². The van der Waals surface area contributed by atoms with Gasteiger partial charge in [0.2, 0.25) is 5.82 Å². The van der Waals surface area contributed by atoms with Crippen molar-refractivity contribution in [3.63, 3.8) is 0 Å². The summed E-state index contributed by atoms with van der Waals surface area (Å²) in [6.07, 6.45) is 1.11. The van der Waals surface area contributed by atoms with Gasteiger partial charge >= 0.3 is 0 Å². The van der Waals surface area contributed by atoms with Crippen LogP contribution in [0, 0.1) is 29.1 Å². The zero-order chi connectivity index (χ0) is 13.9. The molecule has 1 unspecified atom stereocenters. The molecular formula is C11H13F5N2. The molecule has 1 rings (SSSR count). The molecule has 7 heteroatoms. The van der Waals surface area contributed by atoms with Crippen LogP contribution < -0.4 is 11.1 Å². The number of hydrogen-bond acceptors (Lipinski definition) is 2. The van der Waals surface area contributed by atoms with Crippen molar-refractivity contribution in [2.75, 3.05) is 11.9 Å². The third-order valence-electron chi connectivity index (χ3n) is 2.48. The molecule has 0 amide bonds. The van der Waals surface area contributed by atoms with Crippen molar-refractivity contribution in [2.45, 2.75) is 25.8 Å². The van der Waals surface area contributed by atoms with Crippen LogP contribution in [0.2, 0.25) is 0 Å². The van der Waals surface area contributed by atoms with Gasteiger partial charge in [-0.1, -0.05) is 13.3 Å². The summed E-state index contributed by atoms with van der Waals surface area (Å²) in [4.78, 5) is 0. The van der Waals surface area contributed by atoms with Crippen LogP contribution in [-0.2, 0) is 0 Å². The molecule has 3 N–H and O–H groups in total. The lowest BCUT2D eigenvalue weighted by atomic mass is 10.1. The summed E-state index contributed by atoms with van der Waals surface area (Å²) < 4.78 is 65.2. The molecule has 0 saturated heterocycles. The molecular weight excluding hydrogens is 255 g/mol. The molecule has 0 heterocycles. The Hall–Kier alpha value is -1.37. The smallest absolute Gasteiger partial charge is 0.200 e. The number of hydrogen-bond donors (Lipinski definition) is 2. The van der Waals surface area contributed by atoms with Crippen molar-refractivity contribution in [1.82, 2.24) is 0 Å². The first kappa shape index (κ1) is 14.7. The fraction of sp³-hybridized carbons (Fsp3) is 0.455. The first-order valence-corrected chi connectivity index (χ1v) is 5.42. The summed E-state index contributed by atoms with van der Waals surface area (Å²) >= 11 is 0. The molecule has 1 aromatic carbocycles. The molecule has 0 aliphatic rings. The van der Waals surface area contributed by atoms with Crippen LogP contribution in [0.25, 0.3) is 0 Å². The minimum atomic E-state index is -2.17. The van der Waals surface area contributed by atoms with Crippen molar-refractivity contribution in [2.24, 2.45) is 5.73 Å². The number of nitrogens with two attached hydrogens (primary N) is 1. The van der Waals surface area contributed by atoms with E-state index in [9.17, 15) is 22.0 Å². The Morgan fingerprint density at radius 1 is 0.944 bits per heavy atom. The molecule has 0 aromatic heterocycles. The van der Waals surface area contributed by atoms with Crippen molar-refractivity contribution in [3.8, 4) is 0 Å². The Balaban J connectivity index is 3.16. The Morgan fingerprint density at radius 3 is 1.78 bits per heavy atom. The summed E-state index contributed by atoms with van der Waals surface area (Å²) in [5.74, 6) is -9.86. The van der Waals surface area contributed by atoms with Crippen LogP contribution in [0.5, 0.6) is 0 Å². The van der Waals surface area contributed by atoms with Gasteiger partial charge in [-0.2, -0.15) is 0 Å². The van der Waals surface area contributed by atoms with Gasteiger partial charge in [-0.15, -0.1) is 0 Å². The van der Waals surface area contributed by atoms with Crippen molar-refractivity contribution in [3.05, 3.63) is 29.1 Å². The Morgan fingerprint density at radius 2 is 1.39 bits per heavy atom. The average Bonchev–Trinajstić information content (AvgIpc) is 2.37. The van der Waals surface area contributed by atoms with E-state index >= 15 is 0 Å². The van der Waals surface area contributed by atoms with E-state index in [1.54, 1.807) is 0 Å². The molecule has 1 aromatic rings. The highest BCUT2D eigenvalue weighted by Crippen LogP contribution is 2.27. The van der Waals surface area contributed by atoms with Gasteiger partial charge in [0.05, 0.1) is 0 Å². The number of benzene rings is 1. The van der Waals surface area contributed by atoms with Crippen molar-refractivity contribution < 1.29 is 22.0 Å². The number of rotatable bonds is 5. The molecule has 102 valence electrons. The van der Waals surface area contributed by atoms with Crippen LogP contribution >= 0.6 is 0 Å². The zero-order valence-corrected chi connectivity index (χ0v) is 9.67. The van der Waals surface area contributed by atoms with Crippen LogP contribution in [0.4, 0.5) is 27.6 Å². The van der Waals surface area contributed by atoms with Gasteiger partial charge in [0.25, 0.3) is 0 Å². The molecule has 0 radical (unpaired) electrons. The minimum absolute atomic E-state index is 0.0212. The second-order valence-corrected chi connectivity index (χ2v) is 3.81. The molecule has 2 nitrogen and oxygen atoms in total. The number of halogens is 5. The molecule has 18 heavy (non-hydrogen) atoms. The van der Waals surface area contributed by atoms with Gasteiger partial charge < -0.3 is 11.1 Å². The summed E-state index contributed by atoms with van der Waals surface area (Å²) in [6, 6.07) is -0.553. The number of nitrogens with one attached hydrogen (secondary N) is 1. The maximum atomic E-state index is 13.3. The van der Waals surface area contributed by atoms with Gasteiger partial charge in [0, 0.05) is 12.6 Å². The fourth-order valence-electron chi connectivity index (χ4n) is 1.53. The van der Waals surface area contributed by atoms with Gasteiger partial charge in [-0.25, -0.2) is 22.0 Å². The van der Waals surface area contributed by atoms with E-state index in [2.05, 4.69) is 5.32 Å². The number of anilines is 1. The zero-order valence-electron chi connectivity index (χ0n) is 9.67. The van der Waals surface area contributed by atoms with E-state index in [4.69, 9.17) is 5.73 Å². The summed E-state index contributed by atoms with van der Waals surface area (Å²) in [5.41, 5.74) is 4.31. The lowest BCUT2D eigenvalue weighted by molar-refractivity contribution is 0.380. The van der Waals surface area contributed by atoms with Crippen molar-refractivity contribution >= 4 is 5.69 Å². The average molecular weight is 268 g/mol. The highest BCUT2D eigenvalue weighted by Gasteiger charge is 2.26. The molecule has 0 aliphatic heterocycles. The van der Waals surface area contributed by atoms with E-state index in [0.717, 1.165) is 0 Å². The third-order valence-corrected chi connectivity index (χ3v) is 2.48. The molecule has 0 bridgehead atoms. The standard InChI is InChI=1S/C11H13F5N2/c1-2-3-5(4-17)18-11-9(15)7(13)6(12)8(14)10(11)16/h5,18H,2-4,17H2,1H3. The Bertz CT molecular complexity index is 407. The predicted molar refractivity (Wildman–Crippen MR) is 57.6 cm³/mol. The van der Waals surface area contributed by atoms with E-state index in [-0.39, 0.29) is 6.54 Å². The van der Waals surface area contributed by atoms with Crippen LogP contribution in [0.15, 0.2) is 0 Å².